The summed E-state index contributed by atoms with van der Waals surface area (Å²) in [6, 6.07) is 0. The summed E-state index contributed by atoms with van der Waals surface area (Å²) in [5, 5.41) is 0. The maximum atomic E-state index is 10.7. The van der Waals surface area contributed by atoms with Crippen molar-refractivity contribution in [2.24, 2.45) is 0 Å². The number of ether oxygens (including phenoxy) is 1. The van der Waals surface area contributed by atoms with Crippen LogP contribution in [0.15, 0.2) is 0 Å². The third kappa shape index (κ3) is 4.49. The number of methoxy groups -OCH3 is 1. The first-order valence-electron chi connectivity index (χ1n) is 3.24. The van der Waals surface area contributed by atoms with Gasteiger partial charge in [0.1, 0.15) is 0 Å². The van der Waals surface area contributed by atoms with Crippen molar-refractivity contribution in [1.82, 2.24) is 0 Å². The Morgan fingerprint density at radius 2 is 2.56 bits per heavy atom. The third-order valence-electron chi connectivity index (χ3n) is 0.944. The van der Waals surface area contributed by atoms with Crippen LogP contribution in [0.25, 0.3) is 0 Å². The van der Waals surface area contributed by atoms with Crippen molar-refractivity contribution in [2.75, 3.05) is 7.11 Å². The van der Waals surface area contributed by atoms with Gasteiger partial charge in [-0.25, -0.2) is 0 Å². The Morgan fingerprint density at radius 1 is 2.00 bits per heavy atom. The molecule has 3 heteroatoms. The molecule has 0 bridgehead atoms. The fraction of sp³-hybridized carbons (Fsp3) is 0.833. The summed E-state index contributed by atoms with van der Waals surface area (Å²) in [5.41, 5.74) is 0. The van der Waals surface area contributed by atoms with Gasteiger partial charge in [0.15, 0.2) is 0 Å². The SMILES string of the molecule is [2H][C@H](C(=O)OC)[C@@H](C)[Se]C. The van der Waals surface area contributed by atoms with Crippen molar-refractivity contribution in [3.63, 3.8) is 0 Å². The van der Waals surface area contributed by atoms with Crippen LogP contribution in [-0.2, 0) is 9.53 Å². The van der Waals surface area contributed by atoms with Gasteiger partial charge >= 0.3 is 62.9 Å². The molecule has 0 aromatic rings. The summed E-state index contributed by atoms with van der Waals surface area (Å²) < 4.78 is 11.7. The number of esters is 1. The van der Waals surface area contributed by atoms with Gasteiger partial charge < -0.3 is 0 Å². The van der Waals surface area contributed by atoms with E-state index >= 15 is 0 Å². The second-order valence-corrected chi connectivity index (χ2v) is 4.18. The quantitative estimate of drug-likeness (QED) is 0.499. The van der Waals surface area contributed by atoms with Gasteiger partial charge in [-0.3, -0.25) is 0 Å². The van der Waals surface area contributed by atoms with E-state index in [1.165, 1.54) is 7.11 Å². The predicted molar refractivity (Wildman–Crippen MR) is 37.7 cm³/mol. The Bertz CT molecular complexity index is 118. The maximum absolute atomic E-state index is 10.7. The molecule has 9 heavy (non-hydrogen) atoms. The molecule has 0 N–H and O–H groups in total. The van der Waals surface area contributed by atoms with Crippen LogP contribution >= 0.6 is 0 Å². The molecule has 0 amide bonds. The molecule has 0 aromatic heterocycles. The second-order valence-electron chi connectivity index (χ2n) is 1.63. The Hall–Kier alpha value is -0.0105. The van der Waals surface area contributed by atoms with E-state index in [1.807, 2.05) is 12.7 Å². The van der Waals surface area contributed by atoms with Crippen molar-refractivity contribution in [3.8, 4) is 0 Å². The van der Waals surface area contributed by atoms with Crippen LogP contribution in [-0.4, -0.2) is 28.0 Å². The first-order chi connectivity index (χ1) is 4.63. The minimum absolute atomic E-state index is 0.153. The molecule has 0 spiro atoms. The van der Waals surface area contributed by atoms with Gasteiger partial charge in [0.05, 0.1) is 0 Å². The molecule has 2 nitrogen and oxygen atoms in total. The zero-order valence-electron chi connectivity index (χ0n) is 6.88. The molecule has 0 unspecified atom stereocenters. The van der Waals surface area contributed by atoms with Crippen LogP contribution in [0.4, 0.5) is 0 Å². The average molecular weight is 196 g/mol. The van der Waals surface area contributed by atoms with E-state index in [-0.39, 0.29) is 4.82 Å². The molecule has 0 radical (unpaired) electrons. The van der Waals surface area contributed by atoms with Crippen molar-refractivity contribution >= 4 is 20.9 Å². The molecule has 54 valence electrons. The zero-order valence-corrected chi connectivity index (χ0v) is 7.59. The van der Waals surface area contributed by atoms with Crippen LogP contribution in [0.5, 0.6) is 0 Å². The van der Waals surface area contributed by atoms with E-state index < -0.39 is 12.4 Å². The van der Waals surface area contributed by atoms with E-state index in [9.17, 15) is 4.79 Å². The van der Waals surface area contributed by atoms with Crippen LogP contribution in [0.1, 0.15) is 14.7 Å². The zero-order chi connectivity index (χ0) is 8.15. The standard InChI is InChI=1S/C6H12O2Se/c1-5(9-3)4-6(7)8-2/h5H,4H2,1-3H3/t5-/m1/s1/i4D/t4-,5+/m0. The number of hydrogen-bond acceptors (Lipinski definition) is 2. The van der Waals surface area contributed by atoms with E-state index in [4.69, 9.17) is 1.37 Å². The average Bonchev–Trinajstić information content (AvgIpc) is 2.00. The molecule has 0 aliphatic rings. The van der Waals surface area contributed by atoms with Gasteiger partial charge in [0.2, 0.25) is 0 Å². The molecule has 2 atom stereocenters. The third-order valence-corrected chi connectivity index (χ3v) is 2.79. The fourth-order valence-corrected chi connectivity index (χ4v) is 0.846. The molecular weight excluding hydrogens is 183 g/mol. The summed E-state index contributed by atoms with van der Waals surface area (Å²) in [6.07, 6.45) is -0.685. The van der Waals surface area contributed by atoms with Crippen molar-refractivity contribution in [3.05, 3.63) is 0 Å². The molecule has 0 heterocycles. The van der Waals surface area contributed by atoms with E-state index in [0.29, 0.717) is 15.0 Å². The number of hydrogen-bond donors (Lipinski definition) is 0. The number of carbonyl (C=O) groups is 1. The molecule has 0 saturated carbocycles. The predicted octanol–water partition coefficient (Wildman–Crippen LogP) is 1.11. The van der Waals surface area contributed by atoms with E-state index in [0.717, 1.165) is 0 Å². The van der Waals surface area contributed by atoms with Gasteiger partial charge in [-0.05, 0) is 0 Å². The van der Waals surface area contributed by atoms with Crippen molar-refractivity contribution in [1.29, 1.82) is 0 Å². The van der Waals surface area contributed by atoms with Crippen LogP contribution in [0.2, 0.25) is 10.6 Å². The first kappa shape index (κ1) is 7.10. The van der Waals surface area contributed by atoms with Crippen LogP contribution < -0.4 is 0 Å². The molecule has 0 rings (SSSR count). The number of carbonyl (C=O) groups excluding carboxylic acids is 1. The molecule has 0 aliphatic carbocycles. The first-order valence-corrected chi connectivity index (χ1v) is 5.36. The van der Waals surface area contributed by atoms with E-state index in [2.05, 4.69) is 4.74 Å². The van der Waals surface area contributed by atoms with Gasteiger partial charge in [0, 0.05) is 0 Å². The molecular formula is C6H12O2Se. The molecule has 0 fully saturated rings. The monoisotopic (exact) mass is 197 g/mol. The van der Waals surface area contributed by atoms with Crippen molar-refractivity contribution < 1.29 is 10.9 Å². The number of rotatable bonds is 3. The summed E-state index contributed by atoms with van der Waals surface area (Å²) in [7, 11) is 1.32. The van der Waals surface area contributed by atoms with Gasteiger partial charge in [0.25, 0.3) is 0 Å². The summed E-state index contributed by atoms with van der Waals surface area (Å²) in [6.45, 7) is 1.90. The van der Waals surface area contributed by atoms with Crippen LogP contribution in [0, 0.1) is 0 Å². The van der Waals surface area contributed by atoms with Crippen molar-refractivity contribution in [2.45, 2.75) is 24.0 Å². The Kier molecular flexibility index (Phi) is 3.81. The molecule has 0 aromatic carbocycles. The topological polar surface area (TPSA) is 26.3 Å². The second kappa shape index (κ2) is 4.83. The summed E-state index contributed by atoms with van der Waals surface area (Å²) in [4.78, 5) is 10.9. The van der Waals surface area contributed by atoms with Crippen LogP contribution in [0.3, 0.4) is 0 Å². The Labute approximate surface area is 63.5 Å². The fourth-order valence-electron chi connectivity index (χ4n) is 0.328. The Morgan fingerprint density at radius 3 is 2.89 bits per heavy atom. The van der Waals surface area contributed by atoms with Gasteiger partial charge in [-0.2, -0.15) is 0 Å². The minimum atomic E-state index is -0.685. The molecule has 0 saturated heterocycles. The molecule has 0 aliphatic heterocycles. The van der Waals surface area contributed by atoms with E-state index in [1.54, 1.807) is 0 Å². The van der Waals surface area contributed by atoms with Gasteiger partial charge in [-0.15, -0.1) is 0 Å². The summed E-state index contributed by atoms with van der Waals surface area (Å²) >= 11 is 0.348. The summed E-state index contributed by atoms with van der Waals surface area (Å²) in [5.74, 6) is 1.60. The Balaban J connectivity index is 3.81. The normalized spacial score (nSPS) is 17.9. The van der Waals surface area contributed by atoms with Gasteiger partial charge in [-0.1, -0.05) is 0 Å².